The van der Waals surface area contributed by atoms with Crippen LogP contribution < -0.4 is 4.90 Å². The first-order valence-corrected chi connectivity index (χ1v) is 9.53. The summed E-state index contributed by atoms with van der Waals surface area (Å²) >= 11 is 0. The Morgan fingerprint density at radius 1 is 0.857 bits per heavy atom. The van der Waals surface area contributed by atoms with Gasteiger partial charge in [-0.05, 0) is 55.0 Å². The van der Waals surface area contributed by atoms with Crippen LogP contribution in [0.25, 0.3) is 5.69 Å². The van der Waals surface area contributed by atoms with E-state index in [0.29, 0.717) is 17.7 Å². The van der Waals surface area contributed by atoms with E-state index in [0.717, 1.165) is 37.4 Å². The number of carbonyl (C=O) groups is 1. The monoisotopic (exact) mass is 370 g/mol. The zero-order valence-electron chi connectivity index (χ0n) is 15.7. The molecule has 1 amide bonds. The molecule has 3 aromatic rings. The first kappa shape index (κ1) is 17.9. The van der Waals surface area contributed by atoms with Gasteiger partial charge in [-0.15, -0.1) is 0 Å². The van der Waals surface area contributed by atoms with Gasteiger partial charge in [-0.1, -0.05) is 12.1 Å². The van der Waals surface area contributed by atoms with Crippen molar-refractivity contribution >= 4 is 11.6 Å². The van der Waals surface area contributed by atoms with E-state index < -0.39 is 0 Å². The first-order chi connectivity index (χ1) is 13.8. The Morgan fingerprint density at radius 3 is 2.36 bits per heavy atom. The average molecular weight is 370 g/mol. The van der Waals surface area contributed by atoms with Gasteiger partial charge in [-0.25, -0.2) is 0 Å². The van der Waals surface area contributed by atoms with E-state index >= 15 is 0 Å². The van der Waals surface area contributed by atoms with Crippen molar-refractivity contribution in [2.45, 2.75) is 6.42 Å². The predicted molar refractivity (Wildman–Crippen MR) is 110 cm³/mol. The van der Waals surface area contributed by atoms with E-state index in [-0.39, 0.29) is 5.91 Å². The molecule has 1 fully saturated rings. The highest BCUT2D eigenvalue weighted by Gasteiger charge is 2.21. The lowest BCUT2D eigenvalue weighted by atomic mass is 10.1. The quantitative estimate of drug-likeness (QED) is 0.706. The van der Waals surface area contributed by atoms with Gasteiger partial charge in [-0.2, -0.15) is 5.26 Å². The molecule has 4 rings (SSSR count). The highest BCUT2D eigenvalue weighted by molar-refractivity contribution is 5.94. The molecule has 0 atom stereocenters. The summed E-state index contributed by atoms with van der Waals surface area (Å²) in [6.07, 6.45) is 4.85. The molecule has 0 radical (unpaired) electrons. The van der Waals surface area contributed by atoms with Crippen LogP contribution in [0.4, 0.5) is 5.69 Å². The van der Waals surface area contributed by atoms with Gasteiger partial charge in [-0.3, -0.25) is 4.79 Å². The molecule has 0 saturated carbocycles. The maximum atomic E-state index is 13.0. The number of rotatable bonds is 3. The highest BCUT2D eigenvalue weighted by atomic mass is 16.2. The third kappa shape index (κ3) is 3.63. The summed E-state index contributed by atoms with van der Waals surface area (Å²) in [7, 11) is 0. The van der Waals surface area contributed by atoms with Crippen LogP contribution in [0.1, 0.15) is 22.3 Å². The molecule has 0 spiro atoms. The van der Waals surface area contributed by atoms with Gasteiger partial charge in [0, 0.05) is 49.8 Å². The van der Waals surface area contributed by atoms with Crippen molar-refractivity contribution in [3.8, 4) is 11.8 Å². The van der Waals surface area contributed by atoms with Crippen molar-refractivity contribution in [1.29, 1.82) is 5.26 Å². The van der Waals surface area contributed by atoms with Crippen molar-refractivity contribution in [3.05, 3.63) is 84.2 Å². The third-order valence-corrected chi connectivity index (χ3v) is 5.17. The topological polar surface area (TPSA) is 52.3 Å². The number of hydrogen-bond acceptors (Lipinski definition) is 3. The molecular formula is C23H22N4O. The minimum Gasteiger partial charge on any atom is -0.369 e. The fraction of sp³-hybridized carbons (Fsp3) is 0.217. The van der Waals surface area contributed by atoms with Gasteiger partial charge in [0.15, 0.2) is 0 Å². The number of hydrogen-bond donors (Lipinski definition) is 0. The molecule has 1 saturated heterocycles. The normalized spacial score (nSPS) is 14.4. The Balaban J connectivity index is 1.45. The molecule has 0 N–H and O–H groups in total. The minimum absolute atomic E-state index is 0.0643. The molecule has 2 heterocycles. The number of aromatic nitrogens is 1. The summed E-state index contributed by atoms with van der Waals surface area (Å²) in [4.78, 5) is 17.1. The van der Waals surface area contributed by atoms with Gasteiger partial charge >= 0.3 is 0 Å². The van der Waals surface area contributed by atoms with Crippen LogP contribution in [0.3, 0.4) is 0 Å². The van der Waals surface area contributed by atoms with E-state index in [2.05, 4.69) is 11.0 Å². The second-order valence-electron chi connectivity index (χ2n) is 6.90. The van der Waals surface area contributed by atoms with Crippen LogP contribution in [-0.2, 0) is 0 Å². The van der Waals surface area contributed by atoms with Crippen LogP contribution in [0.2, 0.25) is 0 Å². The smallest absolute Gasteiger partial charge is 0.253 e. The number of amides is 1. The molecule has 140 valence electrons. The van der Waals surface area contributed by atoms with Crippen molar-refractivity contribution < 1.29 is 4.79 Å². The molecule has 28 heavy (non-hydrogen) atoms. The largest absolute Gasteiger partial charge is 0.369 e. The molecule has 1 aliphatic rings. The first-order valence-electron chi connectivity index (χ1n) is 9.53. The molecule has 1 aliphatic heterocycles. The highest BCUT2D eigenvalue weighted by Crippen LogP contribution is 2.22. The fourth-order valence-electron chi connectivity index (χ4n) is 3.67. The second kappa shape index (κ2) is 8.01. The SMILES string of the molecule is N#Cc1ccccc1N1CCCN(C(=O)c2ccc(-n3cccc3)cc2)CC1. The number of nitrogens with zero attached hydrogens (tertiary/aromatic N) is 4. The van der Waals surface area contributed by atoms with Crippen LogP contribution in [0, 0.1) is 11.3 Å². The Kier molecular flexibility index (Phi) is 5.11. The van der Waals surface area contributed by atoms with Gasteiger partial charge < -0.3 is 14.4 Å². The molecule has 2 aromatic carbocycles. The number of para-hydroxylation sites is 1. The molecule has 0 aliphatic carbocycles. The van der Waals surface area contributed by atoms with Crippen molar-refractivity contribution in [2.24, 2.45) is 0 Å². The summed E-state index contributed by atoms with van der Waals surface area (Å²) in [5.41, 5.74) is 3.39. The summed E-state index contributed by atoms with van der Waals surface area (Å²) < 4.78 is 2.02. The molecule has 0 bridgehead atoms. The van der Waals surface area contributed by atoms with Gasteiger partial charge in [0.25, 0.3) is 5.91 Å². The van der Waals surface area contributed by atoms with Crippen LogP contribution in [-0.4, -0.2) is 41.6 Å². The van der Waals surface area contributed by atoms with Gasteiger partial charge in [0.2, 0.25) is 0 Å². The molecule has 5 nitrogen and oxygen atoms in total. The number of nitriles is 1. The lowest BCUT2D eigenvalue weighted by Gasteiger charge is -2.24. The molecular weight excluding hydrogens is 348 g/mol. The fourth-order valence-corrected chi connectivity index (χ4v) is 3.67. The standard InChI is InChI=1S/C23H22N4O/c24-18-20-6-1-2-7-22(20)26-14-5-15-27(17-16-26)23(28)19-8-10-21(11-9-19)25-12-3-4-13-25/h1-4,6-13H,5,14-17H2. The Labute approximate surface area is 165 Å². The van der Waals surface area contributed by atoms with Gasteiger partial charge in [0.1, 0.15) is 6.07 Å². The summed E-state index contributed by atoms with van der Waals surface area (Å²) in [5, 5.41) is 9.36. The van der Waals surface area contributed by atoms with E-state index in [4.69, 9.17) is 0 Å². The zero-order valence-corrected chi connectivity index (χ0v) is 15.7. The molecule has 0 unspecified atom stereocenters. The number of benzene rings is 2. The minimum atomic E-state index is 0.0643. The maximum absolute atomic E-state index is 13.0. The zero-order chi connectivity index (χ0) is 19.3. The van der Waals surface area contributed by atoms with Crippen molar-refractivity contribution in [2.75, 3.05) is 31.1 Å². The average Bonchev–Trinajstić information content (AvgIpc) is 3.18. The van der Waals surface area contributed by atoms with E-state index in [1.54, 1.807) is 0 Å². The third-order valence-electron chi connectivity index (χ3n) is 5.17. The Bertz CT molecular complexity index is 986. The van der Waals surface area contributed by atoms with Crippen LogP contribution in [0.15, 0.2) is 73.1 Å². The van der Waals surface area contributed by atoms with E-state index in [1.165, 1.54) is 0 Å². The lowest BCUT2D eigenvalue weighted by Crippen LogP contribution is -2.35. The van der Waals surface area contributed by atoms with E-state index in [1.807, 2.05) is 82.5 Å². The summed E-state index contributed by atoms with van der Waals surface area (Å²) in [6, 6.07) is 21.6. The Morgan fingerprint density at radius 2 is 1.61 bits per heavy atom. The maximum Gasteiger partial charge on any atom is 0.253 e. The second-order valence-corrected chi connectivity index (χ2v) is 6.90. The predicted octanol–water partition coefficient (Wildman–Crippen LogP) is 3.70. The molecule has 5 heteroatoms. The van der Waals surface area contributed by atoms with E-state index in [9.17, 15) is 10.1 Å². The summed E-state index contributed by atoms with van der Waals surface area (Å²) in [5.74, 6) is 0.0643. The van der Waals surface area contributed by atoms with Crippen molar-refractivity contribution in [1.82, 2.24) is 9.47 Å². The summed E-state index contributed by atoms with van der Waals surface area (Å²) in [6.45, 7) is 2.95. The van der Waals surface area contributed by atoms with Crippen LogP contribution >= 0.6 is 0 Å². The lowest BCUT2D eigenvalue weighted by molar-refractivity contribution is 0.0767. The Hall–Kier alpha value is -3.52. The van der Waals surface area contributed by atoms with Crippen LogP contribution in [0.5, 0.6) is 0 Å². The molecule has 1 aromatic heterocycles. The number of carbonyl (C=O) groups excluding carboxylic acids is 1. The number of anilines is 1. The van der Waals surface area contributed by atoms with Crippen molar-refractivity contribution in [3.63, 3.8) is 0 Å². The van der Waals surface area contributed by atoms with Gasteiger partial charge in [0.05, 0.1) is 11.3 Å².